The molecule has 1 N–H and O–H groups in total. The average molecular weight is 217 g/mol. The third kappa shape index (κ3) is 2.47. The average Bonchev–Trinajstić information content (AvgIpc) is 2.11. The lowest BCUT2D eigenvalue weighted by molar-refractivity contribution is 0.282. The number of halogens is 2. The number of aliphatic hydroxyl groups is 1. The normalized spacial score (nSPS) is 11.1. The minimum Gasteiger partial charge on any atom is -0.392 e. The largest absolute Gasteiger partial charge is 0.392 e. The summed E-state index contributed by atoms with van der Waals surface area (Å²) in [6, 6.07) is 3.43. The molecule has 0 saturated carbocycles. The van der Waals surface area contributed by atoms with E-state index in [1.54, 1.807) is 12.1 Å². The van der Waals surface area contributed by atoms with E-state index in [1.807, 2.05) is 19.1 Å². The Kier molecular flexibility index (Phi) is 3.79. The van der Waals surface area contributed by atoms with Crippen LogP contribution in [-0.4, -0.2) is 5.11 Å². The fourth-order valence-electron chi connectivity index (χ4n) is 1.03. The van der Waals surface area contributed by atoms with Gasteiger partial charge in [-0.3, -0.25) is 0 Å². The molecule has 0 aliphatic rings. The molecule has 0 heterocycles. The molecule has 0 aromatic heterocycles. The monoisotopic (exact) mass is 216 g/mol. The van der Waals surface area contributed by atoms with Gasteiger partial charge in [0.2, 0.25) is 0 Å². The molecule has 0 unspecified atom stereocenters. The molecule has 3 heteroatoms. The van der Waals surface area contributed by atoms with Crippen molar-refractivity contribution >= 4 is 29.3 Å². The highest BCUT2D eigenvalue weighted by Crippen LogP contribution is 2.26. The zero-order valence-electron chi connectivity index (χ0n) is 7.22. The van der Waals surface area contributed by atoms with Crippen LogP contribution in [0.5, 0.6) is 0 Å². The van der Waals surface area contributed by atoms with Gasteiger partial charge in [-0.2, -0.15) is 0 Å². The molecule has 0 atom stereocenters. The Bertz CT molecular complexity index is 332. The maximum Gasteiger partial charge on any atom is 0.0696 e. The van der Waals surface area contributed by atoms with Gasteiger partial charge in [0.1, 0.15) is 0 Å². The van der Waals surface area contributed by atoms with Gasteiger partial charge in [-0.15, -0.1) is 0 Å². The zero-order chi connectivity index (χ0) is 9.84. The van der Waals surface area contributed by atoms with Gasteiger partial charge in [0.05, 0.1) is 6.61 Å². The molecule has 1 rings (SSSR count). The molecule has 0 aliphatic heterocycles. The minimum atomic E-state index is -0.0886. The van der Waals surface area contributed by atoms with Gasteiger partial charge in [-0.05, 0) is 30.2 Å². The summed E-state index contributed by atoms with van der Waals surface area (Å²) in [5, 5.41) is 10.0. The fourth-order valence-corrected chi connectivity index (χ4v) is 1.51. The molecule has 1 aromatic rings. The van der Waals surface area contributed by atoms with Crippen molar-refractivity contribution in [2.45, 2.75) is 13.5 Å². The lowest BCUT2D eigenvalue weighted by Gasteiger charge is -2.04. The highest BCUT2D eigenvalue weighted by Gasteiger charge is 2.03. The van der Waals surface area contributed by atoms with Crippen LogP contribution >= 0.6 is 23.2 Å². The van der Waals surface area contributed by atoms with Crippen LogP contribution in [0.1, 0.15) is 18.1 Å². The molecule has 0 radical (unpaired) electrons. The van der Waals surface area contributed by atoms with Crippen LogP contribution in [0.25, 0.3) is 6.08 Å². The molecular weight excluding hydrogens is 207 g/mol. The Morgan fingerprint density at radius 2 is 2.00 bits per heavy atom. The van der Waals surface area contributed by atoms with E-state index in [-0.39, 0.29) is 6.61 Å². The second kappa shape index (κ2) is 4.66. The first-order chi connectivity index (χ1) is 6.19. The molecule has 13 heavy (non-hydrogen) atoms. The molecule has 1 aromatic carbocycles. The van der Waals surface area contributed by atoms with Gasteiger partial charge >= 0.3 is 0 Å². The van der Waals surface area contributed by atoms with Gasteiger partial charge in [0, 0.05) is 10.0 Å². The van der Waals surface area contributed by atoms with Crippen molar-refractivity contribution in [3.05, 3.63) is 39.4 Å². The van der Waals surface area contributed by atoms with Crippen molar-refractivity contribution in [3.8, 4) is 0 Å². The van der Waals surface area contributed by atoms with E-state index in [2.05, 4.69) is 0 Å². The second-order valence-electron chi connectivity index (χ2n) is 2.62. The summed E-state index contributed by atoms with van der Waals surface area (Å²) in [6.45, 7) is 1.82. The van der Waals surface area contributed by atoms with Crippen LogP contribution in [0.15, 0.2) is 18.2 Å². The summed E-state index contributed by atoms with van der Waals surface area (Å²) >= 11 is 11.8. The summed E-state index contributed by atoms with van der Waals surface area (Å²) < 4.78 is 0. The predicted octanol–water partition coefficient (Wildman–Crippen LogP) is 3.52. The molecule has 0 amide bonds. The number of hydrogen-bond acceptors (Lipinski definition) is 1. The van der Waals surface area contributed by atoms with Crippen molar-refractivity contribution in [2.24, 2.45) is 0 Å². The van der Waals surface area contributed by atoms with E-state index in [4.69, 9.17) is 28.3 Å². The van der Waals surface area contributed by atoms with Crippen molar-refractivity contribution in [1.29, 1.82) is 0 Å². The van der Waals surface area contributed by atoms with Crippen LogP contribution in [0.3, 0.4) is 0 Å². The van der Waals surface area contributed by atoms with Crippen LogP contribution < -0.4 is 0 Å². The SMILES string of the molecule is C/C=C/c1cc(Cl)c(CO)cc1Cl. The number of allylic oxidation sites excluding steroid dienone is 1. The summed E-state index contributed by atoms with van der Waals surface area (Å²) in [4.78, 5) is 0. The summed E-state index contributed by atoms with van der Waals surface area (Å²) in [5.74, 6) is 0. The summed E-state index contributed by atoms with van der Waals surface area (Å²) in [7, 11) is 0. The van der Waals surface area contributed by atoms with Crippen molar-refractivity contribution < 1.29 is 5.11 Å². The number of rotatable bonds is 2. The van der Waals surface area contributed by atoms with Crippen LogP contribution in [0.2, 0.25) is 10.0 Å². The smallest absolute Gasteiger partial charge is 0.0696 e. The molecule has 0 fully saturated rings. The highest BCUT2D eigenvalue weighted by molar-refractivity contribution is 6.34. The van der Waals surface area contributed by atoms with E-state index >= 15 is 0 Å². The molecular formula is C10H10Cl2O. The van der Waals surface area contributed by atoms with Crippen LogP contribution in [0.4, 0.5) is 0 Å². The fraction of sp³-hybridized carbons (Fsp3) is 0.200. The van der Waals surface area contributed by atoms with Gasteiger partial charge in [-0.1, -0.05) is 35.4 Å². The van der Waals surface area contributed by atoms with Gasteiger partial charge in [0.15, 0.2) is 0 Å². The van der Waals surface area contributed by atoms with Crippen molar-refractivity contribution in [2.75, 3.05) is 0 Å². The first kappa shape index (κ1) is 10.6. The predicted molar refractivity (Wildman–Crippen MR) is 57.1 cm³/mol. The van der Waals surface area contributed by atoms with Crippen molar-refractivity contribution in [1.82, 2.24) is 0 Å². The Morgan fingerprint density at radius 1 is 1.31 bits per heavy atom. The lowest BCUT2D eigenvalue weighted by atomic mass is 10.1. The van der Waals surface area contributed by atoms with E-state index in [0.29, 0.717) is 15.6 Å². The number of hydrogen-bond donors (Lipinski definition) is 1. The second-order valence-corrected chi connectivity index (χ2v) is 3.44. The Labute approximate surface area is 87.6 Å². The van der Waals surface area contributed by atoms with E-state index in [1.165, 1.54) is 0 Å². The molecule has 0 aliphatic carbocycles. The molecule has 0 bridgehead atoms. The minimum absolute atomic E-state index is 0.0886. The molecule has 70 valence electrons. The zero-order valence-corrected chi connectivity index (χ0v) is 8.73. The topological polar surface area (TPSA) is 20.2 Å². The first-order valence-electron chi connectivity index (χ1n) is 3.90. The lowest BCUT2D eigenvalue weighted by Crippen LogP contribution is -1.86. The Balaban J connectivity index is 3.20. The quantitative estimate of drug-likeness (QED) is 0.803. The van der Waals surface area contributed by atoms with E-state index in [9.17, 15) is 0 Å². The van der Waals surface area contributed by atoms with Crippen LogP contribution in [-0.2, 0) is 6.61 Å². The summed E-state index contributed by atoms with van der Waals surface area (Å²) in [5.41, 5.74) is 1.52. The molecule has 0 spiro atoms. The number of aliphatic hydroxyl groups excluding tert-OH is 1. The van der Waals surface area contributed by atoms with Crippen molar-refractivity contribution in [3.63, 3.8) is 0 Å². The maximum absolute atomic E-state index is 8.90. The molecule has 1 nitrogen and oxygen atoms in total. The standard InChI is InChI=1S/C10H10Cl2O/c1-2-3-7-4-10(12)8(6-13)5-9(7)11/h2-5,13H,6H2,1H3/b3-2+. The van der Waals surface area contributed by atoms with E-state index < -0.39 is 0 Å². The van der Waals surface area contributed by atoms with Gasteiger partial charge < -0.3 is 5.11 Å². The third-order valence-corrected chi connectivity index (χ3v) is 2.36. The number of benzene rings is 1. The van der Waals surface area contributed by atoms with Crippen LogP contribution in [0, 0.1) is 0 Å². The molecule has 0 saturated heterocycles. The van der Waals surface area contributed by atoms with E-state index in [0.717, 1.165) is 5.56 Å². The van der Waals surface area contributed by atoms with Gasteiger partial charge in [0.25, 0.3) is 0 Å². The third-order valence-electron chi connectivity index (χ3n) is 1.68. The summed E-state index contributed by atoms with van der Waals surface area (Å²) in [6.07, 6.45) is 3.76. The first-order valence-corrected chi connectivity index (χ1v) is 4.66. The Morgan fingerprint density at radius 3 is 2.54 bits per heavy atom. The maximum atomic E-state index is 8.90. The van der Waals surface area contributed by atoms with Gasteiger partial charge in [-0.25, -0.2) is 0 Å². The Hall–Kier alpha value is -0.500. The highest BCUT2D eigenvalue weighted by atomic mass is 35.5.